The van der Waals surface area contributed by atoms with Crippen molar-refractivity contribution in [1.82, 2.24) is 4.90 Å². The first-order chi connectivity index (χ1) is 9.56. The van der Waals surface area contributed by atoms with Crippen molar-refractivity contribution in [2.75, 3.05) is 13.6 Å². The van der Waals surface area contributed by atoms with Crippen molar-refractivity contribution < 1.29 is 10.2 Å². The van der Waals surface area contributed by atoms with E-state index in [1.807, 2.05) is 0 Å². The van der Waals surface area contributed by atoms with Gasteiger partial charge >= 0.3 is 0 Å². The molecule has 2 N–H and O–H groups in total. The molecular weight excluding hydrogens is 250 g/mol. The van der Waals surface area contributed by atoms with Crippen molar-refractivity contribution in [2.45, 2.75) is 38.6 Å². The minimum Gasteiger partial charge on any atom is -0.507 e. The second kappa shape index (κ2) is 5.28. The van der Waals surface area contributed by atoms with E-state index < -0.39 is 0 Å². The molecule has 3 rings (SSSR count). The summed E-state index contributed by atoms with van der Waals surface area (Å²) in [4.78, 5) is 2.28. The molecule has 2 aliphatic rings. The fourth-order valence-electron chi connectivity index (χ4n) is 4.32. The molecule has 0 radical (unpaired) electrons. The van der Waals surface area contributed by atoms with Gasteiger partial charge in [0, 0.05) is 12.6 Å². The lowest BCUT2D eigenvalue weighted by Gasteiger charge is -2.31. The topological polar surface area (TPSA) is 43.7 Å². The summed E-state index contributed by atoms with van der Waals surface area (Å²) in [6.07, 6.45) is 5.63. The van der Waals surface area contributed by atoms with Gasteiger partial charge in [0.2, 0.25) is 0 Å². The fourth-order valence-corrected chi connectivity index (χ4v) is 4.32. The minimum absolute atomic E-state index is 0.0373. The van der Waals surface area contributed by atoms with Gasteiger partial charge in [0.1, 0.15) is 11.5 Å². The van der Waals surface area contributed by atoms with Gasteiger partial charge in [-0.2, -0.15) is 0 Å². The molecule has 1 aromatic rings. The third kappa shape index (κ3) is 2.39. The Bertz CT molecular complexity index is 468. The molecule has 0 spiro atoms. The summed E-state index contributed by atoms with van der Waals surface area (Å²) in [5, 5.41) is 20.0. The molecule has 0 amide bonds. The average Bonchev–Trinajstić information content (AvgIpc) is 3.00. The highest BCUT2D eigenvalue weighted by molar-refractivity contribution is 5.44. The monoisotopic (exact) mass is 275 g/mol. The third-order valence-corrected chi connectivity index (χ3v) is 5.55. The van der Waals surface area contributed by atoms with Crippen molar-refractivity contribution in [3.8, 4) is 11.5 Å². The van der Waals surface area contributed by atoms with Gasteiger partial charge in [-0.1, -0.05) is 12.5 Å². The Balaban J connectivity index is 1.69. The van der Waals surface area contributed by atoms with Crippen LogP contribution in [0.1, 0.15) is 44.2 Å². The second-order valence-electron chi connectivity index (χ2n) is 6.76. The van der Waals surface area contributed by atoms with Crippen LogP contribution in [0.4, 0.5) is 0 Å². The summed E-state index contributed by atoms with van der Waals surface area (Å²) in [6, 6.07) is 5.01. The summed E-state index contributed by atoms with van der Waals surface area (Å²) in [6.45, 7) is 3.12. The molecule has 0 aromatic heterocycles. The summed E-state index contributed by atoms with van der Waals surface area (Å²) in [7, 11) is 2.10. The molecule has 2 aliphatic carbocycles. The molecule has 0 saturated heterocycles. The first-order valence-electron chi connectivity index (χ1n) is 7.77. The highest BCUT2D eigenvalue weighted by Crippen LogP contribution is 2.49. The lowest BCUT2D eigenvalue weighted by Crippen LogP contribution is -2.31. The van der Waals surface area contributed by atoms with Crippen molar-refractivity contribution in [1.29, 1.82) is 0 Å². The molecule has 4 atom stereocenters. The zero-order valence-electron chi connectivity index (χ0n) is 12.4. The Morgan fingerprint density at radius 2 is 1.90 bits per heavy atom. The van der Waals surface area contributed by atoms with Crippen LogP contribution < -0.4 is 0 Å². The number of phenolic OH excluding ortho intramolecular Hbond substituents is 2. The fraction of sp³-hybridized carbons (Fsp3) is 0.647. The average molecular weight is 275 g/mol. The van der Waals surface area contributed by atoms with Crippen LogP contribution in [0.5, 0.6) is 11.5 Å². The van der Waals surface area contributed by atoms with Crippen LogP contribution >= 0.6 is 0 Å². The smallest absolute Gasteiger partial charge is 0.124 e. The van der Waals surface area contributed by atoms with Crippen molar-refractivity contribution >= 4 is 0 Å². The predicted octanol–water partition coefficient (Wildman–Crippen LogP) is 3.53. The van der Waals surface area contributed by atoms with E-state index in [2.05, 4.69) is 18.9 Å². The van der Waals surface area contributed by atoms with Crippen LogP contribution in [-0.4, -0.2) is 28.7 Å². The Hall–Kier alpha value is -1.22. The van der Waals surface area contributed by atoms with Crippen LogP contribution in [-0.2, 0) is 0 Å². The van der Waals surface area contributed by atoms with Gasteiger partial charge in [0.05, 0.1) is 5.56 Å². The summed E-state index contributed by atoms with van der Waals surface area (Å²) < 4.78 is 0. The van der Waals surface area contributed by atoms with Gasteiger partial charge in [0.25, 0.3) is 0 Å². The van der Waals surface area contributed by atoms with Crippen molar-refractivity contribution in [2.24, 2.45) is 17.8 Å². The van der Waals surface area contributed by atoms with E-state index in [0.717, 1.165) is 24.3 Å². The van der Waals surface area contributed by atoms with Crippen LogP contribution in [0.3, 0.4) is 0 Å². The molecule has 4 unspecified atom stereocenters. The highest BCUT2D eigenvalue weighted by Gasteiger charge is 2.40. The van der Waals surface area contributed by atoms with E-state index in [-0.39, 0.29) is 17.5 Å². The first kappa shape index (κ1) is 13.7. The van der Waals surface area contributed by atoms with E-state index in [4.69, 9.17) is 0 Å². The molecular formula is C17H25NO2. The molecule has 3 heteroatoms. The number of rotatable bonds is 4. The Morgan fingerprint density at radius 1 is 1.20 bits per heavy atom. The number of hydrogen-bond donors (Lipinski definition) is 2. The number of phenols is 2. The Kier molecular flexibility index (Phi) is 3.63. The first-order valence-corrected chi connectivity index (χ1v) is 7.77. The van der Waals surface area contributed by atoms with Crippen molar-refractivity contribution in [3.05, 3.63) is 23.8 Å². The normalized spacial score (nSPS) is 30.1. The van der Waals surface area contributed by atoms with Gasteiger partial charge < -0.3 is 10.2 Å². The number of hydrogen-bond acceptors (Lipinski definition) is 3. The number of benzene rings is 1. The second-order valence-corrected chi connectivity index (χ2v) is 6.76. The van der Waals surface area contributed by atoms with Gasteiger partial charge in [-0.25, -0.2) is 0 Å². The highest BCUT2D eigenvalue weighted by atomic mass is 16.3. The largest absolute Gasteiger partial charge is 0.507 e. The summed E-state index contributed by atoms with van der Waals surface area (Å²) in [5.41, 5.74) is 0.651. The maximum absolute atomic E-state index is 9.99. The lowest BCUT2D eigenvalue weighted by atomic mass is 9.88. The van der Waals surface area contributed by atoms with E-state index in [9.17, 15) is 10.2 Å². The lowest BCUT2D eigenvalue weighted by molar-refractivity contribution is 0.178. The van der Waals surface area contributed by atoms with Gasteiger partial charge in [-0.05, 0) is 63.1 Å². The van der Waals surface area contributed by atoms with Crippen molar-refractivity contribution in [3.63, 3.8) is 0 Å². The van der Waals surface area contributed by atoms with Crippen LogP contribution in [0.25, 0.3) is 0 Å². The number of nitrogens with zero attached hydrogens (tertiary/aromatic N) is 1. The molecule has 3 nitrogen and oxygen atoms in total. The van der Waals surface area contributed by atoms with Crippen LogP contribution in [0.15, 0.2) is 18.2 Å². The molecule has 2 fully saturated rings. The van der Waals surface area contributed by atoms with Crippen LogP contribution in [0.2, 0.25) is 0 Å². The van der Waals surface area contributed by atoms with E-state index >= 15 is 0 Å². The minimum atomic E-state index is 0.0373. The molecule has 0 aliphatic heterocycles. The summed E-state index contributed by atoms with van der Waals surface area (Å²) >= 11 is 0. The Labute approximate surface area is 121 Å². The maximum atomic E-state index is 9.99. The molecule has 2 bridgehead atoms. The number of aromatic hydroxyl groups is 2. The van der Waals surface area contributed by atoms with Gasteiger partial charge in [0.15, 0.2) is 0 Å². The molecule has 0 heterocycles. The van der Waals surface area contributed by atoms with Crippen LogP contribution in [0, 0.1) is 17.8 Å². The molecule has 20 heavy (non-hydrogen) atoms. The standard InChI is InChI=1S/C17H25NO2/c1-11(17-15(19)4-3-5-16(17)20)18(2)10-14-9-12-6-7-13(14)8-12/h3-5,11-14,19-20H,6-10H2,1-2H3. The van der Waals surface area contributed by atoms with Gasteiger partial charge in [-0.15, -0.1) is 0 Å². The quantitative estimate of drug-likeness (QED) is 0.883. The Morgan fingerprint density at radius 3 is 2.45 bits per heavy atom. The summed E-state index contributed by atoms with van der Waals surface area (Å²) in [5.74, 6) is 3.06. The molecule has 2 saturated carbocycles. The SMILES string of the molecule is CC(c1c(O)cccc1O)N(C)CC1CC2CCC1C2. The molecule has 110 valence electrons. The maximum Gasteiger partial charge on any atom is 0.124 e. The number of fused-ring (bicyclic) bond motifs is 2. The van der Waals surface area contributed by atoms with E-state index in [0.29, 0.717) is 5.56 Å². The van der Waals surface area contributed by atoms with E-state index in [1.165, 1.54) is 25.7 Å². The predicted molar refractivity (Wildman–Crippen MR) is 79.8 cm³/mol. The molecule has 1 aromatic carbocycles. The van der Waals surface area contributed by atoms with E-state index in [1.54, 1.807) is 18.2 Å². The zero-order chi connectivity index (χ0) is 14.3. The third-order valence-electron chi connectivity index (χ3n) is 5.55. The zero-order valence-corrected chi connectivity index (χ0v) is 12.4. The van der Waals surface area contributed by atoms with Gasteiger partial charge in [-0.3, -0.25) is 4.90 Å².